The van der Waals surface area contributed by atoms with E-state index in [-0.39, 0.29) is 16.5 Å². The number of carbonyl (C=O) groups is 2. The van der Waals surface area contributed by atoms with Gasteiger partial charge in [-0.2, -0.15) is 0 Å². The lowest BCUT2D eigenvalue weighted by atomic mass is 9.87. The van der Waals surface area contributed by atoms with Crippen molar-refractivity contribution in [2.75, 3.05) is 13.1 Å². The smallest absolute Gasteiger partial charge is 0.326 e. The van der Waals surface area contributed by atoms with Gasteiger partial charge in [-0.1, -0.05) is 12.1 Å². The number of hydrogen-bond acceptors (Lipinski definition) is 5. The predicted molar refractivity (Wildman–Crippen MR) is 105 cm³/mol. The van der Waals surface area contributed by atoms with E-state index in [1.54, 1.807) is 11.0 Å². The van der Waals surface area contributed by atoms with Crippen LogP contribution in [0.1, 0.15) is 37.8 Å². The van der Waals surface area contributed by atoms with Gasteiger partial charge in [0.15, 0.2) is 0 Å². The molecule has 28 heavy (non-hydrogen) atoms. The Morgan fingerprint density at radius 3 is 2.57 bits per heavy atom. The van der Waals surface area contributed by atoms with Crippen LogP contribution in [0.2, 0.25) is 0 Å². The van der Waals surface area contributed by atoms with Gasteiger partial charge in [0.25, 0.3) is 5.69 Å². The second-order valence-corrected chi connectivity index (χ2v) is 7.21. The summed E-state index contributed by atoms with van der Waals surface area (Å²) < 4.78 is 0. The predicted octanol–water partition coefficient (Wildman–Crippen LogP) is 3.00. The third-order valence-corrected chi connectivity index (χ3v) is 5.33. The van der Waals surface area contributed by atoms with Crippen molar-refractivity contribution in [3.05, 3.63) is 39.9 Å². The van der Waals surface area contributed by atoms with Gasteiger partial charge in [0.2, 0.25) is 5.11 Å². The summed E-state index contributed by atoms with van der Waals surface area (Å²) in [6.45, 7) is 2.65. The Morgan fingerprint density at radius 2 is 1.96 bits per heavy atom. The summed E-state index contributed by atoms with van der Waals surface area (Å²) in [6.07, 6.45) is 2.74. The number of carboxylic acid groups (broad SMARTS) is 1. The number of carboxylic acids is 1. The van der Waals surface area contributed by atoms with Crippen LogP contribution in [-0.4, -0.2) is 55.7 Å². The van der Waals surface area contributed by atoms with Crippen molar-refractivity contribution < 1.29 is 19.6 Å². The maximum absolute atomic E-state index is 13.2. The van der Waals surface area contributed by atoms with E-state index in [0.29, 0.717) is 18.7 Å². The maximum atomic E-state index is 13.2. The molecule has 0 aliphatic carbocycles. The molecule has 2 aliphatic heterocycles. The molecule has 1 fully saturated rings. The van der Waals surface area contributed by atoms with Gasteiger partial charge >= 0.3 is 12.0 Å². The minimum atomic E-state index is -1.17. The van der Waals surface area contributed by atoms with Gasteiger partial charge in [0.1, 0.15) is 5.92 Å². The number of likely N-dealkylation sites (tertiary alicyclic amines) is 1. The van der Waals surface area contributed by atoms with Gasteiger partial charge in [-0.15, -0.1) is 0 Å². The van der Waals surface area contributed by atoms with E-state index in [4.69, 9.17) is 12.2 Å². The average Bonchev–Trinajstić information content (AvgIpc) is 2.67. The molecule has 1 aromatic carbocycles. The van der Waals surface area contributed by atoms with E-state index in [1.165, 1.54) is 30.0 Å². The van der Waals surface area contributed by atoms with E-state index in [9.17, 15) is 24.8 Å². The Morgan fingerprint density at radius 1 is 1.29 bits per heavy atom. The number of nitro groups is 1. The molecule has 10 heteroatoms. The Labute approximate surface area is 166 Å². The van der Waals surface area contributed by atoms with Crippen molar-refractivity contribution in [3.8, 4) is 0 Å². The number of nitro benzene ring substituents is 1. The van der Waals surface area contributed by atoms with Crippen molar-refractivity contribution >= 4 is 40.7 Å². The molecular weight excluding hydrogens is 384 g/mol. The van der Waals surface area contributed by atoms with Crippen LogP contribution in [-0.2, 0) is 4.79 Å². The molecule has 2 aliphatic rings. The van der Waals surface area contributed by atoms with Gasteiger partial charge < -0.3 is 10.0 Å². The number of non-ortho nitro benzene ring substituents is 1. The normalized spacial score (nSPS) is 22.6. The molecule has 2 unspecified atom stereocenters. The number of hydrogen-bond donors (Lipinski definition) is 1. The molecule has 1 N–H and O–H groups in total. The van der Waals surface area contributed by atoms with E-state index < -0.39 is 28.9 Å². The van der Waals surface area contributed by atoms with Crippen LogP contribution >= 0.6 is 12.2 Å². The van der Waals surface area contributed by atoms with Gasteiger partial charge in [-0.3, -0.25) is 19.8 Å². The van der Waals surface area contributed by atoms with Gasteiger partial charge in [0.05, 0.1) is 11.0 Å². The van der Waals surface area contributed by atoms with E-state index >= 15 is 0 Å². The first-order valence-corrected chi connectivity index (χ1v) is 9.36. The molecule has 2 heterocycles. The van der Waals surface area contributed by atoms with Crippen LogP contribution < -0.4 is 0 Å². The minimum absolute atomic E-state index is 0.0259. The van der Waals surface area contributed by atoms with Crippen LogP contribution in [0.4, 0.5) is 10.5 Å². The largest absolute Gasteiger partial charge is 0.481 e. The fourth-order valence-electron chi connectivity index (χ4n) is 3.69. The molecule has 148 valence electrons. The maximum Gasteiger partial charge on any atom is 0.326 e. The average molecular weight is 404 g/mol. The molecule has 1 saturated heterocycles. The van der Waals surface area contributed by atoms with Crippen LogP contribution in [0.3, 0.4) is 0 Å². The zero-order valence-electron chi connectivity index (χ0n) is 15.3. The third-order valence-electron chi connectivity index (χ3n) is 5.04. The highest BCUT2D eigenvalue weighted by atomic mass is 32.1. The number of rotatable bonds is 3. The van der Waals surface area contributed by atoms with Crippen LogP contribution in [0.5, 0.6) is 0 Å². The van der Waals surface area contributed by atoms with Crippen molar-refractivity contribution in [2.24, 2.45) is 10.9 Å². The number of carbonyl (C=O) groups excluding carboxylic acids is 1. The van der Waals surface area contributed by atoms with Crippen LogP contribution in [0.25, 0.3) is 0 Å². The Hall–Kier alpha value is -2.88. The van der Waals surface area contributed by atoms with Crippen molar-refractivity contribution in [3.63, 3.8) is 0 Å². The number of benzene rings is 1. The molecule has 2 atom stereocenters. The summed E-state index contributed by atoms with van der Waals surface area (Å²) in [6, 6.07) is 4.24. The topological polar surface area (TPSA) is 116 Å². The van der Waals surface area contributed by atoms with Gasteiger partial charge in [-0.05, 0) is 44.0 Å². The first-order chi connectivity index (χ1) is 13.3. The number of urea groups is 1. The molecule has 3 rings (SSSR count). The van der Waals surface area contributed by atoms with Crippen molar-refractivity contribution in [1.82, 2.24) is 9.80 Å². The minimum Gasteiger partial charge on any atom is -0.481 e. The summed E-state index contributed by atoms with van der Waals surface area (Å²) in [5.74, 6) is -2.32. The summed E-state index contributed by atoms with van der Waals surface area (Å²) >= 11 is 5.31. The monoisotopic (exact) mass is 404 g/mol. The first-order valence-electron chi connectivity index (χ1n) is 8.95. The number of amides is 2. The molecular formula is C18H20N4O5S. The van der Waals surface area contributed by atoms with E-state index in [1.807, 2.05) is 0 Å². The fraction of sp³-hybridized carbons (Fsp3) is 0.444. The Kier molecular flexibility index (Phi) is 5.68. The zero-order chi connectivity index (χ0) is 20.4. The third kappa shape index (κ3) is 3.72. The quantitative estimate of drug-likeness (QED) is 0.470. The molecule has 0 saturated carbocycles. The zero-order valence-corrected chi connectivity index (χ0v) is 16.1. The second-order valence-electron chi connectivity index (χ2n) is 6.85. The number of aliphatic carboxylic acids is 1. The summed E-state index contributed by atoms with van der Waals surface area (Å²) in [5, 5.41) is 21.0. The number of thiocarbonyl (C=S) groups is 1. The van der Waals surface area contributed by atoms with Gasteiger partial charge in [0, 0.05) is 30.9 Å². The van der Waals surface area contributed by atoms with E-state index in [0.717, 1.165) is 19.3 Å². The lowest BCUT2D eigenvalue weighted by molar-refractivity contribution is -0.385. The number of piperidine rings is 1. The lowest BCUT2D eigenvalue weighted by Crippen LogP contribution is -2.54. The molecule has 0 bridgehead atoms. The number of nitrogens with zero attached hydrogens (tertiary/aromatic N) is 4. The molecule has 1 aromatic rings. The SMILES string of the molecule is CC1=NC(=S)N(C(=O)N2CCCCC2)C(c2cccc([N+](=O)[O-])c2)C1C(=O)O. The summed E-state index contributed by atoms with van der Waals surface area (Å²) in [4.78, 5) is 42.8. The summed E-state index contributed by atoms with van der Waals surface area (Å²) in [5.41, 5.74) is 0.415. The standard InChI is InChI=1S/C18H20N4O5S/c1-11-14(16(23)24)15(12-6-5-7-13(10-12)22(26)27)21(17(28)19-11)18(25)20-8-3-2-4-9-20/h5-7,10,14-15H,2-4,8-9H2,1H3,(H,23,24). The highest BCUT2D eigenvalue weighted by Gasteiger charge is 2.45. The van der Waals surface area contributed by atoms with E-state index in [2.05, 4.69) is 4.99 Å². The van der Waals surface area contributed by atoms with Crippen LogP contribution in [0.15, 0.2) is 29.3 Å². The molecule has 2 amide bonds. The lowest BCUT2D eigenvalue weighted by Gasteiger charge is -2.41. The second kappa shape index (κ2) is 8.01. The summed E-state index contributed by atoms with van der Waals surface area (Å²) in [7, 11) is 0. The van der Waals surface area contributed by atoms with Crippen molar-refractivity contribution in [1.29, 1.82) is 0 Å². The highest BCUT2D eigenvalue weighted by molar-refractivity contribution is 7.80. The Balaban J connectivity index is 2.10. The van der Waals surface area contributed by atoms with Crippen LogP contribution in [0, 0.1) is 16.0 Å². The molecule has 0 spiro atoms. The molecule has 9 nitrogen and oxygen atoms in total. The van der Waals surface area contributed by atoms with Gasteiger partial charge in [-0.25, -0.2) is 9.79 Å². The number of aliphatic imine (C=N–C) groups is 1. The highest BCUT2D eigenvalue weighted by Crippen LogP contribution is 2.36. The molecule has 0 radical (unpaired) electrons. The molecule has 0 aromatic heterocycles. The fourth-order valence-corrected chi connectivity index (χ4v) is 4.02. The Bertz CT molecular complexity index is 865. The first kappa shape index (κ1) is 19.9. The van der Waals surface area contributed by atoms with Crippen molar-refractivity contribution in [2.45, 2.75) is 32.2 Å².